The molecule has 0 radical (unpaired) electrons. The minimum atomic E-state index is -4.27. The third-order valence-electron chi connectivity index (χ3n) is 1.32. The van der Waals surface area contributed by atoms with E-state index in [1.165, 1.54) is 24.3 Å². The number of halogens is 3. The van der Waals surface area contributed by atoms with Crippen molar-refractivity contribution < 1.29 is 18.4 Å². The molecule has 0 heterocycles. The summed E-state index contributed by atoms with van der Waals surface area (Å²) in [5, 5.41) is 10.9. The van der Waals surface area contributed by atoms with Crippen LogP contribution in [0, 0.1) is 0 Å². The first-order chi connectivity index (χ1) is 6.51. The van der Waals surface area contributed by atoms with Crippen molar-refractivity contribution in [3.05, 3.63) is 29.8 Å². The van der Waals surface area contributed by atoms with Gasteiger partial charge < -0.3 is 5.21 Å². The zero-order valence-electron chi connectivity index (χ0n) is 6.82. The summed E-state index contributed by atoms with van der Waals surface area (Å²) < 4.78 is 35.7. The van der Waals surface area contributed by atoms with E-state index in [9.17, 15) is 13.2 Å². The number of hydrogen-bond donors (Lipinski definition) is 1. The van der Waals surface area contributed by atoms with E-state index in [0.29, 0.717) is 5.56 Å². The van der Waals surface area contributed by atoms with Crippen LogP contribution in [-0.2, 0) is 0 Å². The van der Waals surface area contributed by atoms with Crippen LogP contribution in [0.25, 0.3) is 0 Å². The second kappa shape index (κ2) is 4.36. The van der Waals surface area contributed by atoms with Gasteiger partial charge in [0.25, 0.3) is 0 Å². The number of hydrogen-bond acceptors (Lipinski definition) is 3. The minimum Gasteiger partial charge on any atom is -0.411 e. The monoisotopic (exact) mass is 221 g/mol. The van der Waals surface area contributed by atoms with E-state index in [-0.39, 0.29) is 16.7 Å². The van der Waals surface area contributed by atoms with E-state index < -0.39 is 5.51 Å². The molecule has 76 valence electrons. The summed E-state index contributed by atoms with van der Waals surface area (Å²) in [6.07, 6.45) is 1.14. The van der Waals surface area contributed by atoms with E-state index in [4.69, 9.17) is 5.21 Å². The Morgan fingerprint density at radius 1 is 1.21 bits per heavy atom. The van der Waals surface area contributed by atoms with Crippen LogP contribution in [0.3, 0.4) is 0 Å². The number of nitrogens with zero attached hydrogens (tertiary/aromatic N) is 1. The van der Waals surface area contributed by atoms with Gasteiger partial charge >= 0.3 is 5.51 Å². The molecular weight excluding hydrogens is 215 g/mol. The van der Waals surface area contributed by atoms with Crippen LogP contribution in [-0.4, -0.2) is 16.9 Å². The summed E-state index contributed by atoms with van der Waals surface area (Å²) in [6.45, 7) is 0. The van der Waals surface area contributed by atoms with Gasteiger partial charge in [-0.2, -0.15) is 13.2 Å². The SMILES string of the molecule is O/N=C\c1ccc(SC(F)(F)F)cc1. The highest BCUT2D eigenvalue weighted by molar-refractivity contribution is 8.00. The van der Waals surface area contributed by atoms with Crippen LogP contribution in [0.5, 0.6) is 0 Å². The van der Waals surface area contributed by atoms with Gasteiger partial charge in [-0.25, -0.2) is 0 Å². The van der Waals surface area contributed by atoms with Crippen LogP contribution in [0.1, 0.15) is 5.56 Å². The molecule has 1 aromatic carbocycles. The molecule has 1 rings (SSSR count). The van der Waals surface area contributed by atoms with Gasteiger partial charge in [0, 0.05) is 4.90 Å². The molecular formula is C8H6F3NOS. The Labute approximate surface area is 82.4 Å². The van der Waals surface area contributed by atoms with E-state index in [1.54, 1.807) is 0 Å². The largest absolute Gasteiger partial charge is 0.446 e. The Balaban J connectivity index is 2.74. The summed E-state index contributed by atoms with van der Waals surface area (Å²) in [4.78, 5) is 0.104. The first-order valence-electron chi connectivity index (χ1n) is 3.54. The fourth-order valence-electron chi connectivity index (χ4n) is 0.822. The second-order valence-corrected chi connectivity index (χ2v) is 3.50. The predicted molar refractivity (Wildman–Crippen MR) is 47.7 cm³/mol. The average Bonchev–Trinajstić information content (AvgIpc) is 2.06. The van der Waals surface area contributed by atoms with Gasteiger partial charge in [0.1, 0.15) is 0 Å². The van der Waals surface area contributed by atoms with Gasteiger partial charge in [-0.1, -0.05) is 17.3 Å². The number of thioether (sulfide) groups is 1. The molecule has 0 saturated carbocycles. The van der Waals surface area contributed by atoms with Crippen molar-refractivity contribution in [3.63, 3.8) is 0 Å². The molecule has 6 heteroatoms. The Bertz CT molecular complexity index is 320. The third-order valence-corrected chi connectivity index (χ3v) is 2.06. The molecule has 0 fully saturated rings. The Hall–Kier alpha value is -1.17. The molecule has 1 aromatic rings. The van der Waals surface area contributed by atoms with E-state index in [0.717, 1.165) is 6.21 Å². The molecule has 0 aliphatic rings. The molecule has 0 aliphatic heterocycles. The first kappa shape index (κ1) is 10.9. The maximum Gasteiger partial charge on any atom is 0.446 e. The molecule has 1 N–H and O–H groups in total. The number of oxime groups is 1. The Morgan fingerprint density at radius 2 is 1.79 bits per heavy atom. The third kappa shape index (κ3) is 3.69. The van der Waals surface area contributed by atoms with Crippen molar-refractivity contribution in [1.29, 1.82) is 0 Å². The van der Waals surface area contributed by atoms with Crippen LogP contribution in [0.15, 0.2) is 34.3 Å². The molecule has 0 saturated heterocycles. The fraction of sp³-hybridized carbons (Fsp3) is 0.125. The molecule has 0 aliphatic carbocycles. The highest BCUT2D eigenvalue weighted by Crippen LogP contribution is 2.36. The number of benzene rings is 1. The lowest BCUT2D eigenvalue weighted by molar-refractivity contribution is -0.0328. The molecule has 0 aromatic heterocycles. The predicted octanol–water partition coefficient (Wildman–Crippen LogP) is 3.11. The van der Waals surface area contributed by atoms with Crippen molar-refractivity contribution in [3.8, 4) is 0 Å². The van der Waals surface area contributed by atoms with Gasteiger partial charge in [0.15, 0.2) is 0 Å². The second-order valence-electron chi connectivity index (χ2n) is 2.36. The van der Waals surface area contributed by atoms with Crippen molar-refractivity contribution in [2.24, 2.45) is 5.16 Å². The van der Waals surface area contributed by atoms with Crippen LogP contribution in [0.4, 0.5) is 13.2 Å². The summed E-state index contributed by atoms with van der Waals surface area (Å²) in [5.74, 6) is 0. The van der Waals surface area contributed by atoms with Crippen LogP contribution in [0.2, 0.25) is 0 Å². The minimum absolute atomic E-state index is 0.104. The van der Waals surface area contributed by atoms with Gasteiger partial charge in [0.05, 0.1) is 6.21 Å². The zero-order valence-corrected chi connectivity index (χ0v) is 7.64. The standard InChI is InChI=1S/C8H6F3NOS/c9-8(10,11)14-7-3-1-6(2-4-7)5-12-13/h1-5,13H/b12-5-. The quantitative estimate of drug-likeness (QED) is 0.360. The molecule has 0 bridgehead atoms. The van der Waals surface area contributed by atoms with Crippen LogP contribution < -0.4 is 0 Å². The summed E-state index contributed by atoms with van der Waals surface area (Å²) >= 11 is -0.179. The molecule has 2 nitrogen and oxygen atoms in total. The molecule has 14 heavy (non-hydrogen) atoms. The van der Waals surface area contributed by atoms with Crippen molar-refractivity contribution in [1.82, 2.24) is 0 Å². The van der Waals surface area contributed by atoms with Gasteiger partial charge in [-0.15, -0.1) is 0 Å². The molecule has 0 spiro atoms. The highest BCUT2D eigenvalue weighted by atomic mass is 32.2. The zero-order chi connectivity index (χ0) is 10.6. The molecule has 0 amide bonds. The van der Waals surface area contributed by atoms with Crippen molar-refractivity contribution in [2.45, 2.75) is 10.4 Å². The van der Waals surface area contributed by atoms with Gasteiger partial charge in [-0.3, -0.25) is 0 Å². The fourth-order valence-corrected chi connectivity index (χ4v) is 1.36. The maximum absolute atomic E-state index is 11.9. The van der Waals surface area contributed by atoms with Gasteiger partial charge in [0.2, 0.25) is 0 Å². The van der Waals surface area contributed by atoms with Crippen molar-refractivity contribution >= 4 is 18.0 Å². The van der Waals surface area contributed by atoms with E-state index >= 15 is 0 Å². The number of alkyl halides is 3. The average molecular weight is 221 g/mol. The maximum atomic E-state index is 11.9. The summed E-state index contributed by atoms with van der Waals surface area (Å²) in [7, 11) is 0. The van der Waals surface area contributed by atoms with E-state index in [1.807, 2.05) is 0 Å². The van der Waals surface area contributed by atoms with Crippen molar-refractivity contribution in [2.75, 3.05) is 0 Å². The lowest BCUT2D eigenvalue weighted by Gasteiger charge is -2.04. The summed E-state index contributed by atoms with van der Waals surface area (Å²) in [6, 6.07) is 5.51. The lowest BCUT2D eigenvalue weighted by atomic mass is 10.2. The Morgan fingerprint density at radius 3 is 2.21 bits per heavy atom. The normalized spacial score (nSPS) is 12.2. The first-order valence-corrected chi connectivity index (χ1v) is 4.36. The summed E-state index contributed by atoms with van der Waals surface area (Å²) in [5.41, 5.74) is -3.73. The van der Waals surface area contributed by atoms with Gasteiger partial charge in [-0.05, 0) is 29.5 Å². The lowest BCUT2D eigenvalue weighted by Crippen LogP contribution is -1.98. The number of rotatable bonds is 2. The molecule has 0 atom stereocenters. The highest BCUT2D eigenvalue weighted by Gasteiger charge is 2.28. The Kier molecular flexibility index (Phi) is 3.40. The smallest absolute Gasteiger partial charge is 0.411 e. The molecule has 0 unspecified atom stereocenters. The van der Waals surface area contributed by atoms with E-state index in [2.05, 4.69) is 5.16 Å². The van der Waals surface area contributed by atoms with Crippen LogP contribution >= 0.6 is 11.8 Å². The topological polar surface area (TPSA) is 32.6 Å².